The van der Waals surface area contributed by atoms with Crippen LogP contribution in [-0.4, -0.2) is 23.1 Å². The van der Waals surface area contributed by atoms with E-state index in [1.165, 1.54) is 9.13 Å². The van der Waals surface area contributed by atoms with E-state index >= 15 is 0 Å². The molecular formula is C20H23N5O2. The highest BCUT2D eigenvalue weighted by Crippen LogP contribution is 2.25. The first kappa shape index (κ1) is 17.3. The van der Waals surface area contributed by atoms with Gasteiger partial charge in [-0.15, -0.1) is 0 Å². The molecule has 0 saturated carbocycles. The fourth-order valence-corrected chi connectivity index (χ4v) is 3.81. The van der Waals surface area contributed by atoms with Crippen molar-refractivity contribution < 1.29 is 0 Å². The molecule has 0 N–H and O–H groups in total. The minimum atomic E-state index is -0.325. The maximum absolute atomic E-state index is 13.0. The van der Waals surface area contributed by atoms with Crippen LogP contribution in [0.4, 0.5) is 0 Å². The molecule has 0 amide bonds. The number of aryl methyl sites for hydroxylation is 2. The maximum atomic E-state index is 13.0. The molecule has 0 radical (unpaired) electrons. The Morgan fingerprint density at radius 2 is 1.85 bits per heavy atom. The van der Waals surface area contributed by atoms with E-state index in [0.717, 1.165) is 11.3 Å². The molecule has 1 atom stereocenters. The van der Waals surface area contributed by atoms with E-state index < -0.39 is 0 Å². The molecule has 0 saturated heterocycles. The predicted molar refractivity (Wildman–Crippen MR) is 105 cm³/mol. The Balaban J connectivity index is 2.06. The van der Waals surface area contributed by atoms with E-state index in [2.05, 4.69) is 28.6 Å². The highest BCUT2D eigenvalue weighted by molar-refractivity contribution is 5.75. The summed E-state index contributed by atoms with van der Waals surface area (Å²) in [4.78, 5) is 30.3. The average molecular weight is 365 g/mol. The molecule has 140 valence electrons. The number of hydrogen-bond donors (Lipinski definition) is 0. The van der Waals surface area contributed by atoms with Crippen molar-refractivity contribution in [2.24, 2.45) is 7.05 Å². The number of rotatable bonds is 4. The summed E-state index contributed by atoms with van der Waals surface area (Å²) in [6, 6.07) is 10.2. The van der Waals surface area contributed by atoms with Gasteiger partial charge in [-0.1, -0.05) is 37.3 Å². The zero-order chi connectivity index (χ0) is 19.3. The van der Waals surface area contributed by atoms with Gasteiger partial charge in [0, 0.05) is 25.5 Å². The highest BCUT2D eigenvalue weighted by Gasteiger charge is 2.22. The van der Waals surface area contributed by atoms with Gasteiger partial charge in [-0.3, -0.25) is 18.3 Å². The van der Waals surface area contributed by atoms with Crippen LogP contribution < -0.4 is 11.2 Å². The second-order valence-corrected chi connectivity index (χ2v) is 6.98. The highest BCUT2D eigenvalue weighted by atomic mass is 16.2. The van der Waals surface area contributed by atoms with E-state index in [-0.39, 0.29) is 17.3 Å². The van der Waals surface area contributed by atoms with Crippen molar-refractivity contribution in [1.29, 1.82) is 0 Å². The van der Waals surface area contributed by atoms with Gasteiger partial charge in [-0.2, -0.15) is 4.98 Å². The van der Waals surface area contributed by atoms with Crippen molar-refractivity contribution in [3.8, 4) is 0 Å². The molecule has 27 heavy (non-hydrogen) atoms. The summed E-state index contributed by atoms with van der Waals surface area (Å²) in [5, 5.41) is 0. The van der Waals surface area contributed by atoms with Crippen LogP contribution in [0.15, 0.2) is 46.1 Å². The van der Waals surface area contributed by atoms with Crippen LogP contribution in [0.3, 0.4) is 0 Å². The molecule has 0 unspecified atom stereocenters. The Labute approximate surface area is 156 Å². The second-order valence-electron chi connectivity index (χ2n) is 6.98. The number of aromatic nitrogens is 5. The van der Waals surface area contributed by atoms with Crippen LogP contribution in [0.5, 0.6) is 0 Å². The standard InChI is InChI=1S/C20H23N5O2/c1-5-11-23-18(26)16-17(22(4)20(23)27)21-19-24(16)12-13(2)25(19)14(3)15-9-7-6-8-10-15/h6-10,12,14H,5,11H2,1-4H3/t14-/m1/s1. The number of nitrogens with zero attached hydrogens (tertiary/aromatic N) is 5. The SMILES string of the molecule is CCCn1c(=O)c2c(nc3n([C@H](C)c4ccccc4)c(C)cn23)n(C)c1=O. The van der Waals surface area contributed by atoms with E-state index in [9.17, 15) is 9.59 Å². The van der Waals surface area contributed by atoms with Crippen LogP contribution >= 0.6 is 0 Å². The van der Waals surface area contributed by atoms with Gasteiger partial charge in [0.1, 0.15) is 0 Å². The number of fused-ring (bicyclic) bond motifs is 3. The van der Waals surface area contributed by atoms with Crippen molar-refractivity contribution in [3.63, 3.8) is 0 Å². The van der Waals surface area contributed by atoms with Crippen LogP contribution in [0, 0.1) is 6.92 Å². The summed E-state index contributed by atoms with van der Waals surface area (Å²) in [5.41, 5.74) is 2.42. The lowest BCUT2D eigenvalue weighted by Crippen LogP contribution is -2.39. The van der Waals surface area contributed by atoms with E-state index in [4.69, 9.17) is 0 Å². The van der Waals surface area contributed by atoms with E-state index in [1.807, 2.05) is 42.6 Å². The number of hydrogen-bond acceptors (Lipinski definition) is 3. The average Bonchev–Trinajstić information content (AvgIpc) is 3.18. The molecule has 0 bridgehead atoms. The van der Waals surface area contributed by atoms with Crippen molar-refractivity contribution in [2.75, 3.05) is 0 Å². The van der Waals surface area contributed by atoms with Crippen LogP contribution in [0.2, 0.25) is 0 Å². The first-order valence-electron chi connectivity index (χ1n) is 9.20. The molecule has 3 aromatic heterocycles. The second kappa shape index (κ2) is 6.26. The number of benzene rings is 1. The molecule has 4 aromatic rings. The first-order valence-corrected chi connectivity index (χ1v) is 9.20. The maximum Gasteiger partial charge on any atom is 0.332 e. The molecule has 0 spiro atoms. The molecule has 0 aliphatic rings. The van der Waals surface area contributed by atoms with Gasteiger partial charge in [0.15, 0.2) is 11.2 Å². The molecule has 1 aromatic carbocycles. The molecule has 4 rings (SSSR count). The molecule has 3 heterocycles. The van der Waals surface area contributed by atoms with E-state index in [0.29, 0.717) is 29.9 Å². The third kappa shape index (κ3) is 2.45. The summed E-state index contributed by atoms with van der Waals surface area (Å²) in [5.74, 6) is 0.667. The lowest BCUT2D eigenvalue weighted by molar-refractivity contribution is 0.592. The van der Waals surface area contributed by atoms with Crippen LogP contribution in [0.25, 0.3) is 16.9 Å². The zero-order valence-electron chi connectivity index (χ0n) is 16.0. The van der Waals surface area contributed by atoms with Gasteiger partial charge >= 0.3 is 5.69 Å². The van der Waals surface area contributed by atoms with Crippen molar-refractivity contribution in [2.45, 2.75) is 39.8 Å². The third-order valence-electron chi connectivity index (χ3n) is 5.19. The lowest BCUT2D eigenvalue weighted by Gasteiger charge is -2.16. The summed E-state index contributed by atoms with van der Waals surface area (Å²) in [6.45, 7) is 6.46. The summed E-state index contributed by atoms with van der Waals surface area (Å²) < 4.78 is 6.68. The topological polar surface area (TPSA) is 66.2 Å². The molecular weight excluding hydrogens is 342 g/mol. The zero-order valence-corrected chi connectivity index (χ0v) is 16.0. The summed E-state index contributed by atoms with van der Waals surface area (Å²) in [6.07, 6.45) is 2.64. The fraction of sp³-hybridized carbons (Fsp3) is 0.350. The molecule has 0 fully saturated rings. The normalized spacial score (nSPS) is 12.9. The summed E-state index contributed by atoms with van der Waals surface area (Å²) >= 11 is 0. The van der Waals surface area contributed by atoms with Crippen LogP contribution in [-0.2, 0) is 13.6 Å². The number of imidazole rings is 2. The smallest absolute Gasteiger partial charge is 0.307 e. The Kier molecular flexibility index (Phi) is 4.02. The van der Waals surface area contributed by atoms with Crippen molar-refractivity contribution in [3.05, 3.63) is 68.6 Å². The summed E-state index contributed by atoms with van der Waals surface area (Å²) in [7, 11) is 1.67. The van der Waals surface area contributed by atoms with Gasteiger partial charge in [0.2, 0.25) is 5.78 Å². The van der Waals surface area contributed by atoms with Gasteiger partial charge in [0.25, 0.3) is 5.56 Å². The largest absolute Gasteiger partial charge is 0.332 e. The third-order valence-corrected chi connectivity index (χ3v) is 5.19. The molecule has 7 nitrogen and oxygen atoms in total. The predicted octanol–water partition coefficient (Wildman–Crippen LogP) is 2.48. The van der Waals surface area contributed by atoms with Crippen molar-refractivity contribution >= 4 is 16.9 Å². The van der Waals surface area contributed by atoms with Gasteiger partial charge in [-0.05, 0) is 25.8 Å². The molecule has 0 aliphatic heterocycles. The first-order chi connectivity index (χ1) is 13.0. The Hall–Kier alpha value is -3.09. The fourth-order valence-electron chi connectivity index (χ4n) is 3.81. The minimum Gasteiger partial charge on any atom is -0.307 e. The van der Waals surface area contributed by atoms with Crippen LogP contribution in [0.1, 0.15) is 37.6 Å². The minimum absolute atomic E-state index is 0.0513. The van der Waals surface area contributed by atoms with Crippen molar-refractivity contribution in [1.82, 2.24) is 23.1 Å². The van der Waals surface area contributed by atoms with Gasteiger partial charge < -0.3 is 4.57 Å². The molecule has 0 aliphatic carbocycles. The van der Waals surface area contributed by atoms with Gasteiger partial charge in [-0.25, -0.2) is 4.79 Å². The molecule has 7 heteroatoms. The quantitative estimate of drug-likeness (QED) is 0.558. The Morgan fingerprint density at radius 3 is 2.52 bits per heavy atom. The van der Waals surface area contributed by atoms with Gasteiger partial charge in [0.05, 0.1) is 6.04 Å². The van der Waals surface area contributed by atoms with E-state index in [1.54, 1.807) is 7.05 Å². The monoisotopic (exact) mass is 365 g/mol. The Morgan fingerprint density at radius 1 is 1.15 bits per heavy atom. The Bertz CT molecular complexity index is 1260. The lowest BCUT2D eigenvalue weighted by atomic mass is 10.1.